The van der Waals surface area contributed by atoms with Crippen molar-refractivity contribution in [2.45, 2.75) is 70.5 Å². The number of fused-ring (bicyclic) bond motifs is 1. The molecule has 0 saturated carbocycles. The van der Waals surface area contributed by atoms with Gasteiger partial charge in [-0.2, -0.15) is 4.31 Å². The maximum absolute atomic E-state index is 14.0. The number of benzene rings is 3. The van der Waals surface area contributed by atoms with Crippen LogP contribution in [0, 0.1) is 11.8 Å². The van der Waals surface area contributed by atoms with E-state index in [9.17, 15) is 23.1 Å². The van der Waals surface area contributed by atoms with Crippen LogP contribution in [0.2, 0.25) is 0 Å². The van der Waals surface area contributed by atoms with Crippen molar-refractivity contribution in [2.75, 3.05) is 26.4 Å². The lowest BCUT2D eigenvalue weighted by Crippen LogP contribution is -2.60. The molecular weight excluding hydrogens is 632 g/mol. The number of carbonyl (C=O) groups is 2. The summed E-state index contributed by atoms with van der Waals surface area (Å²) in [5, 5.41) is 16.3. The number of hydrogen-bond donors (Lipinski definition) is 3. The van der Waals surface area contributed by atoms with Gasteiger partial charge in [-0.25, -0.2) is 13.4 Å². The minimum atomic E-state index is -4.11. The molecule has 0 radical (unpaired) electrons. The summed E-state index contributed by atoms with van der Waals surface area (Å²) in [7, 11) is -4.11. The summed E-state index contributed by atoms with van der Waals surface area (Å²) < 4.78 is 40.1. The van der Waals surface area contributed by atoms with E-state index in [1.54, 1.807) is 6.07 Å². The molecule has 0 bridgehead atoms. The summed E-state index contributed by atoms with van der Waals surface area (Å²) in [5.74, 6) is -0.0979. The molecule has 1 aliphatic heterocycles. The van der Waals surface area contributed by atoms with Crippen molar-refractivity contribution in [3.8, 4) is 11.5 Å². The Balaban J connectivity index is 1.63. The molecule has 11 nitrogen and oxygen atoms in total. The third-order valence-electron chi connectivity index (χ3n) is 8.20. The molecular formula is C36H48N4O7S. The van der Waals surface area contributed by atoms with Crippen molar-refractivity contribution in [3.63, 3.8) is 0 Å². The van der Waals surface area contributed by atoms with Gasteiger partial charge in [-0.05, 0) is 41.5 Å². The topological polar surface area (TPSA) is 138 Å². The highest BCUT2D eigenvalue weighted by Crippen LogP contribution is 2.35. The molecule has 0 fully saturated rings. The highest BCUT2D eigenvalue weighted by atomic mass is 32.2. The zero-order valence-electron chi connectivity index (χ0n) is 28.2. The van der Waals surface area contributed by atoms with E-state index in [4.69, 9.17) is 9.47 Å². The summed E-state index contributed by atoms with van der Waals surface area (Å²) in [6, 6.07) is 22.4. The number of rotatable bonds is 17. The van der Waals surface area contributed by atoms with Gasteiger partial charge in [0.15, 0.2) is 11.5 Å². The highest BCUT2D eigenvalue weighted by molar-refractivity contribution is 7.89. The quantitative estimate of drug-likeness (QED) is 0.181. The Hall–Kier alpha value is -3.97. The number of carbonyl (C=O) groups excluding carboxylic acids is 2. The second-order valence-corrected chi connectivity index (χ2v) is 14.6. The minimum Gasteiger partial charge on any atom is -0.454 e. The SMILES string of the molecule is CC[C@H](C)CC(=O)N(NC(=O)CNCc1ccccc1)C(Cc1ccccc1)[C@H](O)CN(CC(C)C)S(=O)(=O)c1ccc2c(c1)OCO2. The maximum Gasteiger partial charge on any atom is 0.252 e. The number of aliphatic hydroxyl groups is 1. The van der Waals surface area contributed by atoms with Gasteiger partial charge in [0.05, 0.1) is 23.6 Å². The molecule has 0 saturated heterocycles. The van der Waals surface area contributed by atoms with Crippen LogP contribution >= 0.6 is 0 Å². The van der Waals surface area contributed by atoms with Crippen LogP contribution in [0.5, 0.6) is 11.5 Å². The largest absolute Gasteiger partial charge is 0.454 e. The number of nitrogens with zero attached hydrogens (tertiary/aromatic N) is 2. The van der Waals surface area contributed by atoms with Crippen LogP contribution < -0.4 is 20.2 Å². The van der Waals surface area contributed by atoms with Crippen molar-refractivity contribution in [3.05, 3.63) is 90.0 Å². The number of hydrazine groups is 1. The average molecular weight is 681 g/mol. The van der Waals surface area contributed by atoms with Crippen molar-refractivity contribution in [2.24, 2.45) is 11.8 Å². The zero-order valence-corrected chi connectivity index (χ0v) is 29.0. The number of ether oxygens (including phenoxy) is 2. The van der Waals surface area contributed by atoms with Gasteiger partial charge in [0.1, 0.15) is 0 Å². The fourth-order valence-corrected chi connectivity index (χ4v) is 7.05. The molecule has 1 unspecified atom stereocenters. The first-order chi connectivity index (χ1) is 23.0. The van der Waals surface area contributed by atoms with Gasteiger partial charge in [-0.15, -0.1) is 0 Å². The average Bonchev–Trinajstić information content (AvgIpc) is 3.55. The number of aliphatic hydroxyl groups excluding tert-OH is 1. The van der Waals surface area contributed by atoms with Gasteiger partial charge in [0, 0.05) is 32.1 Å². The Morgan fingerprint density at radius 3 is 2.19 bits per heavy atom. The summed E-state index contributed by atoms with van der Waals surface area (Å²) in [5.41, 5.74) is 4.58. The first-order valence-corrected chi connectivity index (χ1v) is 17.9. The standard InChI is InChI=1S/C36H48N4O7S/c1-5-27(4)18-36(43)40(38-35(42)22-37-21-29-14-10-7-11-15-29)31(19-28-12-8-6-9-13-28)32(41)24-39(23-26(2)3)48(44,45)30-16-17-33-34(20-30)47-25-46-33/h6-17,20,26-27,31-32,37,41H,5,18-19,21-25H2,1-4H3,(H,38,42)/t27-,31?,32+/m0/s1. The molecule has 1 heterocycles. The van der Waals surface area contributed by atoms with Crippen molar-refractivity contribution < 1.29 is 32.6 Å². The van der Waals surface area contributed by atoms with Crippen LogP contribution in [-0.4, -0.2) is 73.2 Å². The highest BCUT2D eigenvalue weighted by Gasteiger charge is 2.36. The summed E-state index contributed by atoms with van der Waals surface area (Å²) >= 11 is 0. The second kappa shape index (κ2) is 17.4. The predicted molar refractivity (Wildman–Crippen MR) is 183 cm³/mol. The Morgan fingerprint density at radius 2 is 1.54 bits per heavy atom. The molecule has 0 aromatic heterocycles. The third kappa shape index (κ3) is 10.3. The molecule has 0 spiro atoms. The molecule has 3 atom stereocenters. The molecule has 1 aliphatic rings. The molecule has 48 heavy (non-hydrogen) atoms. The van der Waals surface area contributed by atoms with Gasteiger partial charge in [0.2, 0.25) is 22.7 Å². The van der Waals surface area contributed by atoms with E-state index < -0.39 is 28.1 Å². The minimum absolute atomic E-state index is 0.00158. The van der Waals surface area contributed by atoms with Crippen molar-refractivity contribution >= 4 is 21.8 Å². The molecule has 0 aliphatic carbocycles. The number of nitrogens with one attached hydrogen (secondary N) is 2. The number of sulfonamides is 1. The molecule has 4 rings (SSSR count). The van der Waals surface area contributed by atoms with Crippen molar-refractivity contribution in [1.29, 1.82) is 0 Å². The number of amides is 2. The molecule has 12 heteroatoms. The summed E-state index contributed by atoms with van der Waals surface area (Å²) in [6.45, 7) is 7.88. The molecule has 260 valence electrons. The fourth-order valence-electron chi connectivity index (χ4n) is 5.41. The van der Waals surface area contributed by atoms with Crippen molar-refractivity contribution in [1.82, 2.24) is 20.1 Å². The lowest BCUT2D eigenvalue weighted by molar-refractivity contribution is -0.148. The summed E-state index contributed by atoms with van der Waals surface area (Å²) in [4.78, 5) is 27.2. The smallest absolute Gasteiger partial charge is 0.252 e. The van der Waals surface area contributed by atoms with E-state index >= 15 is 0 Å². The van der Waals surface area contributed by atoms with E-state index in [1.165, 1.54) is 21.4 Å². The van der Waals surface area contributed by atoms with E-state index in [2.05, 4.69) is 10.7 Å². The van der Waals surface area contributed by atoms with E-state index in [0.717, 1.165) is 17.5 Å². The molecule has 3 N–H and O–H groups in total. The zero-order chi connectivity index (χ0) is 34.7. The normalized spacial score (nSPS) is 14.5. The predicted octanol–water partition coefficient (Wildman–Crippen LogP) is 4.12. The Labute approximate surface area is 284 Å². The van der Waals surface area contributed by atoms with E-state index in [-0.39, 0.29) is 61.9 Å². The van der Waals surface area contributed by atoms with Gasteiger partial charge >= 0.3 is 0 Å². The monoisotopic (exact) mass is 680 g/mol. The summed E-state index contributed by atoms with van der Waals surface area (Å²) in [6.07, 6.45) is -0.317. The lowest BCUT2D eigenvalue weighted by Gasteiger charge is -2.37. The molecule has 2 amide bonds. The first-order valence-electron chi connectivity index (χ1n) is 16.5. The molecule has 3 aromatic carbocycles. The van der Waals surface area contributed by atoms with Crippen LogP contribution in [0.1, 0.15) is 51.7 Å². The Kier molecular flexibility index (Phi) is 13.4. The van der Waals surface area contributed by atoms with Crippen LogP contribution in [0.15, 0.2) is 83.8 Å². The van der Waals surface area contributed by atoms with Gasteiger partial charge in [-0.3, -0.25) is 15.0 Å². The first kappa shape index (κ1) is 36.9. The Bertz CT molecular complexity index is 1590. The fraction of sp³-hybridized carbons (Fsp3) is 0.444. The Morgan fingerprint density at radius 1 is 0.896 bits per heavy atom. The van der Waals surface area contributed by atoms with E-state index in [0.29, 0.717) is 18.0 Å². The van der Waals surface area contributed by atoms with Crippen LogP contribution in [0.4, 0.5) is 0 Å². The molecule has 3 aromatic rings. The van der Waals surface area contributed by atoms with Gasteiger partial charge in [-0.1, -0.05) is 94.8 Å². The number of hydrogen-bond acceptors (Lipinski definition) is 8. The van der Waals surface area contributed by atoms with Crippen LogP contribution in [-0.2, 0) is 32.6 Å². The van der Waals surface area contributed by atoms with Gasteiger partial charge < -0.3 is 19.9 Å². The second-order valence-electron chi connectivity index (χ2n) is 12.7. The maximum atomic E-state index is 14.0. The van der Waals surface area contributed by atoms with Gasteiger partial charge in [0.25, 0.3) is 5.91 Å². The van der Waals surface area contributed by atoms with Crippen LogP contribution in [0.3, 0.4) is 0 Å². The third-order valence-corrected chi connectivity index (χ3v) is 10.0. The lowest BCUT2D eigenvalue weighted by atomic mass is 9.98. The van der Waals surface area contributed by atoms with E-state index in [1.807, 2.05) is 88.4 Å². The van der Waals surface area contributed by atoms with Crippen LogP contribution in [0.25, 0.3) is 0 Å².